The molecule has 0 atom stereocenters. The van der Waals surface area contributed by atoms with E-state index in [1.54, 1.807) is 12.1 Å². The predicted octanol–water partition coefficient (Wildman–Crippen LogP) is 1.37. The van der Waals surface area contributed by atoms with Gasteiger partial charge in [0.05, 0.1) is 14.2 Å². The van der Waals surface area contributed by atoms with Gasteiger partial charge in [0.25, 0.3) is 0 Å². The largest absolute Gasteiger partial charge is 0.496 e. The van der Waals surface area contributed by atoms with Crippen LogP contribution in [0.1, 0.15) is 22.3 Å². The molecule has 0 saturated heterocycles. The maximum absolute atomic E-state index is 11.6. The lowest BCUT2D eigenvalue weighted by atomic mass is 9.99. The van der Waals surface area contributed by atoms with Crippen LogP contribution in [0.15, 0.2) is 12.1 Å². The van der Waals surface area contributed by atoms with Gasteiger partial charge < -0.3 is 14.8 Å². The summed E-state index contributed by atoms with van der Waals surface area (Å²) in [5.74, 6) is -0.0651. The zero-order chi connectivity index (χ0) is 12.4. The van der Waals surface area contributed by atoms with E-state index in [2.05, 4.69) is 10.1 Å². The summed E-state index contributed by atoms with van der Waals surface area (Å²) >= 11 is 0. The van der Waals surface area contributed by atoms with Gasteiger partial charge in [-0.25, -0.2) is 4.79 Å². The first-order valence-corrected chi connectivity index (χ1v) is 5.24. The minimum Gasteiger partial charge on any atom is -0.496 e. The standard InChI is InChI=1S/C12H13NO4/c1-16-10-6-9-7(3-4-11(14)13-9)5-8(10)12(15)17-2/h5-6H,3-4H2,1-2H3,(H,13,14). The van der Waals surface area contributed by atoms with Crippen molar-refractivity contribution in [1.82, 2.24) is 0 Å². The number of amides is 1. The molecule has 1 N–H and O–H groups in total. The van der Waals surface area contributed by atoms with Crippen molar-refractivity contribution in [3.63, 3.8) is 0 Å². The Labute approximate surface area is 98.7 Å². The maximum atomic E-state index is 11.6. The SMILES string of the molecule is COC(=O)c1cc2c(cc1OC)NC(=O)CC2. The van der Waals surface area contributed by atoms with Crippen LogP contribution in [-0.2, 0) is 16.0 Å². The number of hydrogen-bond acceptors (Lipinski definition) is 4. The number of carbonyl (C=O) groups excluding carboxylic acids is 2. The summed E-state index contributed by atoms with van der Waals surface area (Å²) in [6.07, 6.45) is 1.05. The van der Waals surface area contributed by atoms with Gasteiger partial charge in [-0.2, -0.15) is 0 Å². The van der Waals surface area contributed by atoms with Crippen molar-refractivity contribution in [1.29, 1.82) is 0 Å². The fourth-order valence-electron chi connectivity index (χ4n) is 1.85. The highest BCUT2D eigenvalue weighted by Gasteiger charge is 2.21. The molecule has 2 rings (SSSR count). The van der Waals surface area contributed by atoms with Crippen LogP contribution >= 0.6 is 0 Å². The van der Waals surface area contributed by atoms with Crippen molar-refractivity contribution in [2.45, 2.75) is 12.8 Å². The van der Waals surface area contributed by atoms with Crippen LogP contribution in [0.4, 0.5) is 5.69 Å². The smallest absolute Gasteiger partial charge is 0.341 e. The highest BCUT2D eigenvalue weighted by molar-refractivity contribution is 5.98. The second-order valence-electron chi connectivity index (χ2n) is 3.75. The molecule has 1 aliphatic heterocycles. The van der Waals surface area contributed by atoms with Gasteiger partial charge in [0.1, 0.15) is 11.3 Å². The number of carbonyl (C=O) groups is 2. The molecular weight excluding hydrogens is 222 g/mol. The molecule has 1 aromatic rings. The molecule has 0 spiro atoms. The Morgan fingerprint density at radius 1 is 1.29 bits per heavy atom. The third-order valence-electron chi connectivity index (χ3n) is 2.73. The lowest BCUT2D eigenvalue weighted by molar-refractivity contribution is -0.116. The lowest BCUT2D eigenvalue weighted by Gasteiger charge is -2.19. The molecule has 0 aliphatic carbocycles. The van der Waals surface area contributed by atoms with Gasteiger partial charge in [0.15, 0.2) is 0 Å². The number of fused-ring (bicyclic) bond motifs is 1. The summed E-state index contributed by atoms with van der Waals surface area (Å²) in [4.78, 5) is 22.8. The van der Waals surface area contributed by atoms with E-state index in [4.69, 9.17) is 4.74 Å². The van der Waals surface area contributed by atoms with Gasteiger partial charge >= 0.3 is 5.97 Å². The highest BCUT2D eigenvalue weighted by atomic mass is 16.5. The number of benzene rings is 1. The molecule has 0 aromatic heterocycles. The summed E-state index contributed by atoms with van der Waals surface area (Å²) in [5, 5.41) is 2.75. The van der Waals surface area contributed by atoms with Crippen molar-refractivity contribution in [2.24, 2.45) is 0 Å². The highest BCUT2D eigenvalue weighted by Crippen LogP contribution is 2.31. The first-order valence-electron chi connectivity index (χ1n) is 5.24. The van der Waals surface area contributed by atoms with E-state index in [1.165, 1.54) is 14.2 Å². The first-order chi connectivity index (χ1) is 8.15. The minimum absolute atomic E-state index is 0.0228. The number of ether oxygens (including phenoxy) is 2. The zero-order valence-corrected chi connectivity index (χ0v) is 9.70. The average molecular weight is 235 g/mol. The fourth-order valence-corrected chi connectivity index (χ4v) is 1.85. The van der Waals surface area contributed by atoms with E-state index in [-0.39, 0.29) is 5.91 Å². The Hall–Kier alpha value is -2.04. The minimum atomic E-state index is -0.443. The molecule has 90 valence electrons. The second kappa shape index (κ2) is 4.45. The predicted molar refractivity (Wildman–Crippen MR) is 61.3 cm³/mol. The Morgan fingerprint density at radius 2 is 2.06 bits per heavy atom. The summed E-state index contributed by atoms with van der Waals surface area (Å²) in [7, 11) is 2.79. The molecule has 5 heteroatoms. The van der Waals surface area contributed by atoms with Gasteiger partial charge in [0.2, 0.25) is 5.91 Å². The van der Waals surface area contributed by atoms with E-state index >= 15 is 0 Å². The molecule has 0 fully saturated rings. The molecule has 1 aromatic carbocycles. The molecule has 5 nitrogen and oxygen atoms in total. The molecule has 0 unspecified atom stereocenters. The Bertz CT molecular complexity index is 482. The third-order valence-corrected chi connectivity index (χ3v) is 2.73. The van der Waals surface area contributed by atoms with Crippen molar-refractivity contribution >= 4 is 17.6 Å². The zero-order valence-electron chi connectivity index (χ0n) is 9.70. The maximum Gasteiger partial charge on any atom is 0.341 e. The second-order valence-corrected chi connectivity index (χ2v) is 3.75. The van der Waals surface area contributed by atoms with E-state index < -0.39 is 5.97 Å². The van der Waals surface area contributed by atoms with Crippen LogP contribution in [-0.4, -0.2) is 26.1 Å². The van der Waals surface area contributed by atoms with Crippen molar-refractivity contribution in [3.8, 4) is 5.75 Å². The number of anilines is 1. The molecule has 17 heavy (non-hydrogen) atoms. The monoisotopic (exact) mass is 235 g/mol. The molecule has 1 aliphatic rings. The summed E-state index contributed by atoms with van der Waals surface area (Å²) in [6.45, 7) is 0. The van der Waals surface area contributed by atoms with Gasteiger partial charge in [-0.3, -0.25) is 4.79 Å². The van der Waals surface area contributed by atoms with Crippen LogP contribution in [0, 0.1) is 0 Å². The van der Waals surface area contributed by atoms with Gasteiger partial charge in [-0.1, -0.05) is 0 Å². The van der Waals surface area contributed by atoms with Crippen molar-refractivity contribution in [3.05, 3.63) is 23.3 Å². The summed E-state index contributed by atoms with van der Waals surface area (Å²) in [6, 6.07) is 3.36. The summed E-state index contributed by atoms with van der Waals surface area (Å²) in [5.41, 5.74) is 2.00. The number of esters is 1. The van der Waals surface area contributed by atoms with Crippen molar-refractivity contribution < 1.29 is 19.1 Å². The van der Waals surface area contributed by atoms with Gasteiger partial charge in [-0.15, -0.1) is 0 Å². The summed E-state index contributed by atoms with van der Waals surface area (Å²) < 4.78 is 9.80. The van der Waals surface area contributed by atoms with Crippen LogP contribution in [0.25, 0.3) is 0 Å². The normalized spacial score (nSPS) is 13.6. The van der Waals surface area contributed by atoms with E-state index in [0.29, 0.717) is 29.8 Å². The fraction of sp³-hybridized carbons (Fsp3) is 0.333. The number of nitrogens with one attached hydrogen (secondary N) is 1. The first kappa shape index (κ1) is 11.4. The number of methoxy groups -OCH3 is 2. The number of rotatable bonds is 2. The number of aryl methyl sites for hydroxylation is 1. The molecule has 0 bridgehead atoms. The Balaban J connectivity index is 2.48. The lowest BCUT2D eigenvalue weighted by Crippen LogP contribution is -2.19. The van der Waals surface area contributed by atoms with Crippen molar-refractivity contribution in [2.75, 3.05) is 19.5 Å². The van der Waals surface area contributed by atoms with Crippen LogP contribution in [0.5, 0.6) is 5.75 Å². The molecule has 0 radical (unpaired) electrons. The molecule has 1 heterocycles. The molecule has 1 amide bonds. The van der Waals surface area contributed by atoms with Gasteiger partial charge in [-0.05, 0) is 18.1 Å². The van der Waals surface area contributed by atoms with E-state index in [0.717, 1.165) is 5.56 Å². The van der Waals surface area contributed by atoms with Crippen LogP contribution in [0.2, 0.25) is 0 Å². The Kier molecular flexibility index (Phi) is 2.99. The van der Waals surface area contributed by atoms with Crippen LogP contribution < -0.4 is 10.1 Å². The quantitative estimate of drug-likeness (QED) is 0.786. The topological polar surface area (TPSA) is 64.6 Å². The van der Waals surface area contributed by atoms with Gasteiger partial charge in [0, 0.05) is 18.2 Å². The Morgan fingerprint density at radius 3 is 2.71 bits per heavy atom. The average Bonchev–Trinajstić information content (AvgIpc) is 2.36. The number of hydrogen-bond donors (Lipinski definition) is 1. The third kappa shape index (κ3) is 2.08. The van der Waals surface area contributed by atoms with E-state index in [1.807, 2.05) is 0 Å². The van der Waals surface area contributed by atoms with E-state index in [9.17, 15) is 9.59 Å². The molecule has 0 saturated carbocycles. The van der Waals surface area contributed by atoms with Crippen LogP contribution in [0.3, 0.4) is 0 Å². The molecular formula is C12H13NO4.